The number of carboxylic acid groups (broad SMARTS) is 1. The minimum Gasteiger partial charge on any atom is -0.493 e. The van der Waals surface area contributed by atoms with E-state index in [2.05, 4.69) is 6.92 Å². The summed E-state index contributed by atoms with van der Waals surface area (Å²) in [5.74, 6) is 1.26. The number of hydrogen-bond acceptors (Lipinski definition) is 3. The average Bonchev–Trinajstić information content (AvgIpc) is 2.85. The van der Waals surface area contributed by atoms with E-state index in [0.717, 1.165) is 42.7 Å². The summed E-state index contributed by atoms with van der Waals surface area (Å²) in [4.78, 5) is 11.2. The minimum atomic E-state index is -0.720. The largest absolute Gasteiger partial charge is 0.493 e. The number of hydrogen-bond donors (Lipinski definition) is 1. The number of fused-ring (bicyclic) bond motifs is 2. The van der Waals surface area contributed by atoms with E-state index in [9.17, 15) is 9.90 Å². The smallest absolute Gasteiger partial charge is 0.304 e. The number of ether oxygens (including phenoxy) is 2. The predicted octanol–water partition coefficient (Wildman–Crippen LogP) is 2.37. The summed E-state index contributed by atoms with van der Waals surface area (Å²) in [5, 5.41) is 9.23. The van der Waals surface area contributed by atoms with Gasteiger partial charge in [0.2, 0.25) is 0 Å². The van der Waals surface area contributed by atoms with Crippen molar-refractivity contribution >= 4 is 5.97 Å². The van der Waals surface area contributed by atoms with Gasteiger partial charge in [-0.1, -0.05) is 0 Å². The van der Waals surface area contributed by atoms with Crippen LogP contribution < -0.4 is 9.47 Å². The zero-order chi connectivity index (χ0) is 13.9. The van der Waals surface area contributed by atoms with E-state index in [1.807, 2.05) is 0 Å². The zero-order valence-electron chi connectivity index (χ0n) is 11.6. The lowest BCUT2D eigenvalue weighted by Crippen LogP contribution is -2.16. The van der Waals surface area contributed by atoms with Crippen molar-refractivity contribution in [3.05, 3.63) is 22.3 Å². The molecule has 0 bridgehead atoms. The van der Waals surface area contributed by atoms with Gasteiger partial charge in [0, 0.05) is 34.9 Å². The highest BCUT2D eigenvalue weighted by molar-refractivity contribution is 5.73. The lowest BCUT2D eigenvalue weighted by Gasteiger charge is -2.22. The maximum absolute atomic E-state index is 11.2. The Bertz CT molecular complexity index is 578. The van der Waals surface area contributed by atoms with Gasteiger partial charge in [-0.15, -0.1) is 0 Å². The number of carbonyl (C=O) groups is 1. The van der Waals surface area contributed by atoms with E-state index in [4.69, 9.17) is 9.47 Å². The van der Waals surface area contributed by atoms with Gasteiger partial charge in [0.1, 0.15) is 11.5 Å². The standard InChI is InChI=1S/C16H18O4/c1-9-10-2-6-20-15(10)13(11-3-7-19-14(9)11)16(4-5-16)8-12(17)18/h2-8H2,1H3,(H,17,18). The first-order chi connectivity index (χ1) is 9.62. The molecule has 0 aromatic heterocycles. The van der Waals surface area contributed by atoms with Crippen molar-refractivity contribution in [1.29, 1.82) is 0 Å². The summed E-state index contributed by atoms with van der Waals surface area (Å²) in [7, 11) is 0. The van der Waals surface area contributed by atoms with Gasteiger partial charge in [-0.25, -0.2) is 0 Å². The van der Waals surface area contributed by atoms with Crippen LogP contribution in [0.3, 0.4) is 0 Å². The van der Waals surface area contributed by atoms with E-state index >= 15 is 0 Å². The Morgan fingerprint density at radius 2 is 1.80 bits per heavy atom. The molecule has 4 nitrogen and oxygen atoms in total. The molecule has 0 radical (unpaired) electrons. The van der Waals surface area contributed by atoms with Crippen LogP contribution in [0.5, 0.6) is 11.5 Å². The fourth-order valence-corrected chi connectivity index (χ4v) is 3.86. The van der Waals surface area contributed by atoms with E-state index in [-0.39, 0.29) is 11.8 Å². The summed E-state index contributed by atoms with van der Waals surface area (Å²) in [6.45, 7) is 3.50. The van der Waals surface area contributed by atoms with Crippen molar-refractivity contribution in [2.45, 2.75) is 44.4 Å². The summed E-state index contributed by atoms with van der Waals surface area (Å²) >= 11 is 0. The van der Waals surface area contributed by atoms with Crippen LogP contribution in [0, 0.1) is 6.92 Å². The van der Waals surface area contributed by atoms with Gasteiger partial charge in [0.15, 0.2) is 0 Å². The Kier molecular flexibility index (Phi) is 2.35. The highest BCUT2D eigenvalue weighted by Crippen LogP contribution is 2.59. The summed E-state index contributed by atoms with van der Waals surface area (Å²) < 4.78 is 11.7. The van der Waals surface area contributed by atoms with Crippen LogP contribution >= 0.6 is 0 Å². The van der Waals surface area contributed by atoms with Crippen molar-refractivity contribution in [3.63, 3.8) is 0 Å². The third kappa shape index (κ3) is 1.51. The number of aliphatic carboxylic acids is 1. The van der Waals surface area contributed by atoms with Crippen molar-refractivity contribution in [1.82, 2.24) is 0 Å². The van der Waals surface area contributed by atoms with Crippen molar-refractivity contribution < 1.29 is 19.4 Å². The fourth-order valence-electron chi connectivity index (χ4n) is 3.86. The topological polar surface area (TPSA) is 55.8 Å². The van der Waals surface area contributed by atoms with E-state index in [1.165, 1.54) is 16.7 Å². The van der Waals surface area contributed by atoms with E-state index in [0.29, 0.717) is 13.2 Å². The quantitative estimate of drug-likeness (QED) is 0.919. The molecule has 1 fully saturated rings. The third-order valence-corrected chi connectivity index (χ3v) is 4.94. The Labute approximate surface area is 117 Å². The molecule has 1 N–H and O–H groups in total. The molecule has 0 amide bonds. The van der Waals surface area contributed by atoms with Crippen LogP contribution in [0.15, 0.2) is 0 Å². The maximum atomic E-state index is 11.2. The monoisotopic (exact) mass is 274 g/mol. The highest BCUT2D eigenvalue weighted by Gasteiger charge is 2.51. The molecule has 3 aliphatic rings. The van der Waals surface area contributed by atoms with Crippen LogP contribution in [-0.2, 0) is 23.1 Å². The molecule has 0 saturated heterocycles. The second-order valence-corrected chi connectivity index (χ2v) is 6.16. The molecule has 0 unspecified atom stereocenters. The van der Waals surface area contributed by atoms with Gasteiger partial charge < -0.3 is 14.6 Å². The second-order valence-electron chi connectivity index (χ2n) is 6.16. The minimum absolute atomic E-state index is 0.203. The fraction of sp³-hybridized carbons (Fsp3) is 0.562. The summed E-state index contributed by atoms with van der Waals surface area (Å²) in [6, 6.07) is 0. The number of benzene rings is 1. The normalized spacial score (nSPS) is 20.9. The van der Waals surface area contributed by atoms with Crippen LogP contribution in [0.25, 0.3) is 0 Å². The van der Waals surface area contributed by atoms with Gasteiger partial charge in [-0.3, -0.25) is 4.79 Å². The van der Waals surface area contributed by atoms with Gasteiger partial charge in [0.05, 0.1) is 19.6 Å². The highest BCUT2D eigenvalue weighted by atomic mass is 16.5. The summed E-state index contributed by atoms with van der Waals surface area (Å²) in [5.41, 5.74) is 4.59. The Balaban J connectivity index is 1.94. The second kappa shape index (κ2) is 3.90. The molecule has 1 aromatic rings. The Morgan fingerprint density at radius 3 is 2.45 bits per heavy atom. The average molecular weight is 274 g/mol. The SMILES string of the molecule is Cc1c2c(c(C3(CC(=O)O)CC3)c3c1OCC3)OCC2. The molecule has 1 saturated carbocycles. The van der Waals surface area contributed by atoms with Crippen molar-refractivity contribution in [3.8, 4) is 11.5 Å². The molecule has 4 rings (SSSR count). The molecule has 1 aromatic carbocycles. The molecule has 2 heterocycles. The molecule has 1 aliphatic carbocycles. The van der Waals surface area contributed by atoms with Crippen LogP contribution in [0.1, 0.15) is 41.5 Å². The van der Waals surface area contributed by atoms with E-state index in [1.54, 1.807) is 0 Å². The van der Waals surface area contributed by atoms with Crippen molar-refractivity contribution in [2.75, 3.05) is 13.2 Å². The molecule has 4 heteroatoms. The number of rotatable bonds is 3. The molecular formula is C16H18O4. The van der Waals surface area contributed by atoms with Crippen molar-refractivity contribution in [2.24, 2.45) is 0 Å². The molecule has 0 spiro atoms. The first-order valence-corrected chi connectivity index (χ1v) is 7.28. The third-order valence-electron chi connectivity index (χ3n) is 4.94. The van der Waals surface area contributed by atoms with Crippen LogP contribution in [0.2, 0.25) is 0 Å². The van der Waals surface area contributed by atoms with Gasteiger partial charge in [0.25, 0.3) is 0 Å². The van der Waals surface area contributed by atoms with Gasteiger partial charge >= 0.3 is 5.97 Å². The van der Waals surface area contributed by atoms with Gasteiger partial charge in [-0.2, -0.15) is 0 Å². The molecule has 0 atom stereocenters. The predicted molar refractivity (Wildman–Crippen MR) is 72.7 cm³/mol. The van der Waals surface area contributed by atoms with E-state index < -0.39 is 5.97 Å². The molecule has 20 heavy (non-hydrogen) atoms. The summed E-state index contributed by atoms with van der Waals surface area (Å²) in [6.07, 6.45) is 3.89. The van der Waals surface area contributed by atoms with Crippen LogP contribution in [-0.4, -0.2) is 24.3 Å². The molecule has 106 valence electrons. The first kappa shape index (κ1) is 12.1. The lowest BCUT2D eigenvalue weighted by molar-refractivity contribution is -0.137. The van der Waals surface area contributed by atoms with Gasteiger partial charge in [-0.05, 0) is 25.3 Å². The Morgan fingerprint density at radius 1 is 1.15 bits per heavy atom. The zero-order valence-corrected chi connectivity index (χ0v) is 11.6. The molecule has 2 aliphatic heterocycles. The lowest BCUT2D eigenvalue weighted by atomic mass is 9.83. The Hall–Kier alpha value is -1.71. The first-order valence-electron chi connectivity index (χ1n) is 7.28. The number of carboxylic acids is 1. The maximum Gasteiger partial charge on any atom is 0.304 e. The molecular weight excluding hydrogens is 256 g/mol. The van der Waals surface area contributed by atoms with Crippen LogP contribution in [0.4, 0.5) is 0 Å².